The maximum atomic E-state index is 13.5. The first-order chi connectivity index (χ1) is 20.3. The van der Waals surface area contributed by atoms with E-state index in [-0.39, 0.29) is 23.2 Å². The number of nitrogens with one attached hydrogen (secondary N) is 1. The second-order valence-corrected chi connectivity index (χ2v) is 13.9. The van der Waals surface area contributed by atoms with Gasteiger partial charge in [0.1, 0.15) is 22.7 Å². The van der Waals surface area contributed by atoms with Crippen molar-refractivity contribution >= 4 is 41.2 Å². The number of aliphatic carboxylic acids is 1. The predicted octanol–water partition coefficient (Wildman–Crippen LogP) is 3.12. The predicted molar refractivity (Wildman–Crippen MR) is 158 cm³/mol. The molecular weight excluding hydrogens is 576 g/mol. The van der Waals surface area contributed by atoms with Crippen molar-refractivity contribution in [2.45, 2.75) is 95.4 Å². The van der Waals surface area contributed by atoms with Crippen LogP contribution in [0.5, 0.6) is 0 Å². The minimum absolute atomic E-state index is 0.00193. The second-order valence-electron chi connectivity index (χ2n) is 12.8. The molecule has 0 spiro atoms. The number of hydrogen-bond acceptors (Lipinski definition) is 10. The van der Waals surface area contributed by atoms with Gasteiger partial charge in [-0.25, -0.2) is 9.59 Å². The van der Waals surface area contributed by atoms with Crippen LogP contribution in [0.1, 0.15) is 72.5 Å². The van der Waals surface area contributed by atoms with Gasteiger partial charge in [-0.3, -0.25) is 19.4 Å². The van der Waals surface area contributed by atoms with E-state index >= 15 is 0 Å². The Morgan fingerprint density at radius 3 is 2.49 bits per heavy atom. The number of amides is 2. The summed E-state index contributed by atoms with van der Waals surface area (Å²) in [6.07, 6.45) is 4.97. The van der Waals surface area contributed by atoms with E-state index in [0.717, 1.165) is 32.4 Å². The van der Waals surface area contributed by atoms with Crippen LogP contribution in [-0.4, -0.2) is 91.9 Å². The molecule has 0 aromatic carbocycles. The summed E-state index contributed by atoms with van der Waals surface area (Å²) >= 11 is 1.42. The number of piperidine rings is 1. The molecule has 2 N–H and O–H groups in total. The Morgan fingerprint density at radius 1 is 1.23 bits per heavy atom. The quantitative estimate of drug-likeness (QED) is 0.183. The maximum Gasteiger partial charge on any atom is 0.353 e. The minimum atomic E-state index is -1.31. The minimum Gasteiger partial charge on any atom is -0.477 e. The van der Waals surface area contributed by atoms with Crippen LogP contribution in [0, 0.1) is 5.92 Å². The summed E-state index contributed by atoms with van der Waals surface area (Å²) in [4.78, 5) is 61.5. The highest BCUT2D eigenvalue weighted by atomic mass is 32.2. The molecule has 12 nitrogen and oxygen atoms in total. The number of β-lactam (4-membered cyclic amide) rings is 1. The standard InChI is InChI=1S/C30H40N4O8S/c1-17-9-13-33(14-10-17)18(2)19-16-43-26-22(25(36)34(26)23(19)27(37)38)31-24(35)21(20-8-6-15-40-20)32-42-30(11-7-12-30)28(39)41-29(3,4)5/h6,8,15,17-18,22,26H,7,9-14,16H2,1-5H3,(H,31,35)(H,37,38)/b32-21-/t18?,22-,26+/m1/s1. The zero-order valence-electron chi connectivity index (χ0n) is 25.3. The van der Waals surface area contributed by atoms with Gasteiger partial charge in [0.05, 0.1) is 6.26 Å². The van der Waals surface area contributed by atoms with Crippen molar-refractivity contribution in [1.29, 1.82) is 0 Å². The molecule has 3 aliphatic heterocycles. The molecule has 0 bridgehead atoms. The monoisotopic (exact) mass is 616 g/mol. The number of ether oxygens (including phenoxy) is 1. The summed E-state index contributed by atoms with van der Waals surface area (Å²) in [5, 5.41) is 16.3. The average Bonchev–Trinajstić information content (AvgIpc) is 3.45. The van der Waals surface area contributed by atoms with Crippen LogP contribution in [0.3, 0.4) is 0 Å². The molecule has 4 heterocycles. The van der Waals surface area contributed by atoms with Gasteiger partial charge in [-0.1, -0.05) is 12.1 Å². The van der Waals surface area contributed by atoms with Crippen LogP contribution in [0.15, 0.2) is 39.2 Å². The van der Waals surface area contributed by atoms with E-state index < -0.39 is 46.4 Å². The van der Waals surface area contributed by atoms with Crippen LogP contribution in [0.4, 0.5) is 0 Å². The van der Waals surface area contributed by atoms with Crippen LogP contribution >= 0.6 is 11.8 Å². The summed E-state index contributed by atoms with van der Waals surface area (Å²) in [5.41, 5.74) is -1.57. The zero-order valence-corrected chi connectivity index (χ0v) is 26.1. The summed E-state index contributed by atoms with van der Waals surface area (Å²) in [7, 11) is 0. The zero-order chi connectivity index (χ0) is 31.1. The Labute approximate surface area is 255 Å². The Bertz CT molecular complexity index is 1320. The molecule has 5 rings (SSSR count). The molecule has 1 aromatic heterocycles. The van der Waals surface area contributed by atoms with Gasteiger partial charge in [-0.2, -0.15) is 0 Å². The number of furan rings is 1. The third-order valence-corrected chi connectivity index (χ3v) is 9.87. The van der Waals surface area contributed by atoms with Gasteiger partial charge in [0.25, 0.3) is 11.8 Å². The number of hydrogen-bond donors (Lipinski definition) is 2. The first-order valence-corrected chi connectivity index (χ1v) is 15.9. The topological polar surface area (TPSA) is 151 Å². The molecule has 1 aromatic rings. The van der Waals surface area contributed by atoms with E-state index in [9.17, 15) is 24.3 Å². The lowest BCUT2D eigenvalue weighted by Crippen LogP contribution is -2.71. The highest BCUT2D eigenvalue weighted by Gasteiger charge is 2.55. The van der Waals surface area contributed by atoms with Crippen molar-refractivity contribution in [3.63, 3.8) is 0 Å². The number of nitrogens with zero attached hydrogens (tertiary/aromatic N) is 3. The summed E-state index contributed by atoms with van der Waals surface area (Å²) in [5.74, 6) is -1.81. The molecule has 13 heteroatoms. The number of carboxylic acids is 1. The Balaban J connectivity index is 1.32. The summed E-state index contributed by atoms with van der Waals surface area (Å²) < 4.78 is 10.9. The summed E-state index contributed by atoms with van der Waals surface area (Å²) in [6, 6.07) is 2.01. The molecule has 0 radical (unpaired) electrons. The normalized spacial score (nSPS) is 25.3. The van der Waals surface area contributed by atoms with E-state index in [2.05, 4.69) is 22.3 Å². The van der Waals surface area contributed by atoms with Gasteiger partial charge in [-0.15, -0.1) is 11.8 Å². The van der Waals surface area contributed by atoms with E-state index in [1.54, 1.807) is 26.8 Å². The maximum absolute atomic E-state index is 13.5. The van der Waals surface area contributed by atoms with Crippen LogP contribution < -0.4 is 5.32 Å². The lowest BCUT2D eigenvalue weighted by molar-refractivity contribution is -0.196. The number of carbonyl (C=O) groups is 4. The smallest absolute Gasteiger partial charge is 0.353 e. The average molecular weight is 617 g/mol. The van der Waals surface area contributed by atoms with Crippen LogP contribution in [0.2, 0.25) is 0 Å². The van der Waals surface area contributed by atoms with Gasteiger partial charge in [0.2, 0.25) is 11.3 Å². The third kappa shape index (κ3) is 6.19. The molecule has 3 atom stereocenters. The molecule has 43 heavy (non-hydrogen) atoms. The Morgan fingerprint density at radius 2 is 1.93 bits per heavy atom. The van der Waals surface area contributed by atoms with Crippen LogP contribution in [0.25, 0.3) is 0 Å². The SMILES string of the molecule is CC1CCN(C(C)C2=C(C(=O)O)N3C(=O)[C@@H](NC(=O)/C(=N\OC4(C(=O)OC(C)(C)C)CCC4)c4ccco4)[C@@H]3SC2)CC1. The summed E-state index contributed by atoms with van der Waals surface area (Å²) in [6.45, 7) is 11.3. The molecule has 3 fully saturated rings. The van der Waals surface area contributed by atoms with Crippen molar-refractivity contribution in [3.8, 4) is 0 Å². The fourth-order valence-corrected chi connectivity index (χ4v) is 7.22. The van der Waals surface area contributed by atoms with Crippen molar-refractivity contribution in [3.05, 3.63) is 35.4 Å². The van der Waals surface area contributed by atoms with Crippen molar-refractivity contribution < 1.29 is 38.3 Å². The molecule has 234 valence electrons. The van der Waals surface area contributed by atoms with Crippen molar-refractivity contribution in [2.24, 2.45) is 11.1 Å². The highest BCUT2D eigenvalue weighted by Crippen LogP contribution is 2.42. The molecular formula is C30H40N4O8S. The van der Waals surface area contributed by atoms with Gasteiger partial charge in [-0.05, 0) is 83.7 Å². The number of carbonyl (C=O) groups excluding carboxylic acids is 3. The molecule has 1 aliphatic carbocycles. The second kappa shape index (κ2) is 12.0. The lowest BCUT2D eigenvalue weighted by atomic mass is 9.80. The highest BCUT2D eigenvalue weighted by molar-refractivity contribution is 8.00. The van der Waals surface area contributed by atoms with Crippen LogP contribution in [-0.2, 0) is 28.8 Å². The number of rotatable bonds is 9. The number of fused-ring (bicyclic) bond motifs is 1. The van der Waals surface area contributed by atoms with E-state index in [4.69, 9.17) is 14.0 Å². The first-order valence-electron chi connectivity index (χ1n) is 14.8. The molecule has 1 saturated carbocycles. The molecule has 2 saturated heterocycles. The first kappa shape index (κ1) is 31.1. The van der Waals surface area contributed by atoms with Gasteiger partial charge >= 0.3 is 11.9 Å². The number of thioether (sulfide) groups is 1. The van der Waals surface area contributed by atoms with Gasteiger partial charge in [0.15, 0.2) is 5.76 Å². The fraction of sp³-hybridized carbons (Fsp3) is 0.633. The molecule has 2 amide bonds. The van der Waals surface area contributed by atoms with E-state index in [1.165, 1.54) is 29.0 Å². The largest absolute Gasteiger partial charge is 0.477 e. The number of carboxylic acid groups (broad SMARTS) is 1. The van der Waals surface area contributed by atoms with E-state index in [0.29, 0.717) is 30.1 Å². The Kier molecular flexibility index (Phi) is 8.68. The number of likely N-dealkylation sites (tertiary alicyclic amines) is 1. The number of oxime groups is 1. The third-order valence-electron chi connectivity index (χ3n) is 8.57. The van der Waals surface area contributed by atoms with Crippen molar-refractivity contribution in [2.75, 3.05) is 18.8 Å². The fourth-order valence-electron chi connectivity index (χ4n) is 5.75. The number of esters is 1. The molecule has 4 aliphatic rings. The molecule has 1 unspecified atom stereocenters. The van der Waals surface area contributed by atoms with Gasteiger partial charge < -0.3 is 24.4 Å². The van der Waals surface area contributed by atoms with Gasteiger partial charge in [0, 0.05) is 24.6 Å². The van der Waals surface area contributed by atoms with E-state index in [1.807, 2.05) is 6.92 Å². The Hall–Kier alpha value is -3.32. The lowest BCUT2D eigenvalue weighted by Gasteiger charge is -2.50. The van der Waals surface area contributed by atoms with Crippen molar-refractivity contribution in [1.82, 2.24) is 15.1 Å².